The number of carbonyl (C=O) groups excluding carboxylic acids is 1. The van der Waals surface area contributed by atoms with Crippen LogP contribution in [0.1, 0.15) is 32.3 Å². The summed E-state index contributed by atoms with van der Waals surface area (Å²) in [5, 5.41) is 3.04. The third-order valence-corrected chi connectivity index (χ3v) is 3.62. The molecular formula is C16H23NO2. The Hall–Kier alpha value is -1.35. The Morgan fingerprint density at radius 1 is 1.37 bits per heavy atom. The highest BCUT2D eigenvalue weighted by Crippen LogP contribution is 2.28. The molecule has 2 rings (SSSR count). The van der Waals surface area contributed by atoms with E-state index in [4.69, 9.17) is 4.74 Å². The van der Waals surface area contributed by atoms with E-state index in [9.17, 15) is 4.79 Å². The molecule has 1 heterocycles. The molecule has 1 saturated heterocycles. The second-order valence-electron chi connectivity index (χ2n) is 5.82. The predicted octanol–water partition coefficient (Wildman–Crippen LogP) is 2.55. The van der Waals surface area contributed by atoms with Crippen LogP contribution in [0.5, 0.6) is 0 Å². The van der Waals surface area contributed by atoms with Crippen LogP contribution in [0.25, 0.3) is 0 Å². The topological polar surface area (TPSA) is 38.3 Å². The summed E-state index contributed by atoms with van der Waals surface area (Å²) >= 11 is 0. The summed E-state index contributed by atoms with van der Waals surface area (Å²) in [4.78, 5) is 12.1. The molecule has 1 N–H and O–H groups in total. The number of ether oxygens (including phenoxy) is 1. The molecule has 19 heavy (non-hydrogen) atoms. The number of hydrogen-bond donors (Lipinski definition) is 1. The van der Waals surface area contributed by atoms with Crippen LogP contribution < -0.4 is 5.32 Å². The van der Waals surface area contributed by atoms with E-state index >= 15 is 0 Å². The lowest BCUT2D eigenvalue weighted by atomic mass is 9.88. The first kappa shape index (κ1) is 14.1. The maximum absolute atomic E-state index is 12.1. The average molecular weight is 261 g/mol. The first-order valence-corrected chi connectivity index (χ1v) is 7.02. The molecule has 1 fully saturated rings. The summed E-state index contributed by atoms with van der Waals surface area (Å²) in [6, 6.07) is 10.2. The van der Waals surface area contributed by atoms with Gasteiger partial charge in [0.25, 0.3) is 0 Å². The summed E-state index contributed by atoms with van der Waals surface area (Å²) in [6.07, 6.45) is 2.53. The largest absolute Gasteiger partial charge is 0.376 e. The summed E-state index contributed by atoms with van der Waals surface area (Å²) in [5.41, 5.74) is 1.09. The molecule has 1 aromatic carbocycles. The minimum absolute atomic E-state index is 0.0968. The Kier molecular flexibility index (Phi) is 4.59. The van der Waals surface area contributed by atoms with Gasteiger partial charge < -0.3 is 10.1 Å². The van der Waals surface area contributed by atoms with Crippen LogP contribution in [0.2, 0.25) is 0 Å². The molecule has 1 atom stereocenters. The average Bonchev–Trinajstić information content (AvgIpc) is 2.38. The molecule has 1 aliphatic rings. The van der Waals surface area contributed by atoms with Crippen LogP contribution in [-0.4, -0.2) is 24.7 Å². The number of carbonyl (C=O) groups is 1. The van der Waals surface area contributed by atoms with Crippen LogP contribution in [0.3, 0.4) is 0 Å². The second-order valence-corrected chi connectivity index (χ2v) is 5.82. The Morgan fingerprint density at radius 2 is 2.11 bits per heavy atom. The van der Waals surface area contributed by atoms with Crippen molar-refractivity contribution in [1.82, 2.24) is 5.32 Å². The molecule has 0 radical (unpaired) electrons. The molecule has 0 aromatic heterocycles. The Balaban J connectivity index is 1.75. The lowest BCUT2D eigenvalue weighted by Gasteiger charge is -2.34. The molecule has 104 valence electrons. The fraction of sp³-hybridized carbons (Fsp3) is 0.562. The van der Waals surface area contributed by atoms with Crippen molar-refractivity contribution in [3.05, 3.63) is 35.9 Å². The van der Waals surface area contributed by atoms with Crippen molar-refractivity contribution in [2.75, 3.05) is 13.2 Å². The first-order valence-electron chi connectivity index (χ1n) is 7.02. The van der Waals surface area contributed by atoms with Crippen molar-refractivity contribution in [2.45, 2.75) is 38.7 Å². The predicted molar refractivity (Wildman–Crippen MR) is 75.9 cm³/mol. The lowest BCUT2D eigenvalue weighted by molar-refractivity contribution is -0.135. The van der Waals surface area contributed by atoms with Crippen molar-refractivity contribution >= 4 is 5.91 Å². The molecule has 0 saturated carbocycles. The first-order chi connectivity index (χ1) is 9.07. The van der Waals surface area contributed by atoms with E-state index in [2.05, 4.69) is 31.3 Å². The number of rotatable bonds is 4. The van der Waals surface area contributed by atoms with Gasteiger partial charge in [-0.1, -0.05) is 30.3 Å². The molecular weight excluding hydrogens is 238 g/mol. The number of hydrogen-bond acceptors (Lipinski definition) is 2. The van der Waals surface area contributed by atoms with Crippen molar-refractivity contribution in [3.8, 4) is 0 Å². The van der Waals surface area contributed by atoms with E-state index < -0.39 is 0 Å². The molecule has 0 spiro atoms. The number of nitrogens with one attached hydrogen (secondary N) is 1. The SMILES string of the molecule is CC1(C)C[C@@H](C(=O)NCCc2ccccc2)CCO1. The molecule has 3 heteroatoms. The summed E-state index contributed by atoms with van der Waals surface area (Å²) < 4.78 is 5.64. The van der Waals surface area contributed by atoms with Gasteiger partial charge in [-0.15, -0.1) is 0 Å². The van der Waals surface area contributed by atoms with E-state index in [1.807, 2.05) is 18.2 Å². The lowest BCUT2D eigenvalue weighted by Crippen LogP contribution is -2.41. The smallest absolute Gasteiger partial charge is 0.223 e. The van der Waals surface area contributed by atoms with Crippen LogP contribution in [0.4, 0.5) is 0 Å². The van der Waals surface area contributed by atoms with Gasteiger partial charge in [0.1, 0.15) is 0 Å². The summed E-state index contributed by atoms with van der Waals surface area (Å²) in [5.74, 6) is 0.270. The molecule has 0 aliphatic carbocycles. The summed E-state index contributed by atoms with van der Waals surface area (Å²) in [6.45, 7) is 5.50. The Bertz CT molecular complexity index is 414. The van der Waals surface area contributed by atoms with Gasteiger partial charge in [0.05, 0.1) is 5.60 Å². The standard InChI is InChI=1S/C16H23NO2/c1-16(2)12-14(9-11-19-16)15(18)17-10-8-13-6-4-3-5-7-13/h3-7,14H,8-12H2,1-2H3,(H,17,18)/t14-/m0/s1. The minimum Gasteiger partial charge on any atom is -0.376 e. The van der Waals surface area contributed by atoms with Crippen molar-refractivity contribution < 1.29 is 9.53 Å². The maximum atomic E-state index is 12.1. The normalized spacial score (nSPS) is 21.9. The van der Waals surface area contributed by atoms with Crippen LogP contribution in [0, 0.1) is 5.92 Å². The highest BCUT2D eigenvalue weighted by molar-refractivity contribution is 5.78. The molecule has 1 aromatic rings. The van der Waals surface area contributed by atoms with Crippen molar-refractivity contribution in [2.24, 2.45) is 5.92 Å². The van der Waals surface area contributed by atoms with E-state index in [0.717, 1.165) is 19.3 Å². The van der Waals surface area contributed by atoms with E-state index in [0.29, 0.717) is 13.2 Å². The molecule has 3 nitrogen and oxygen atoms in total. The van der Waals surface area contributed by atoms with Crippen molar-refractivity contribution in [3.63, 3.8) is 0 Å². The zero-order valence-corrected chi connectivity index (χ0v) is 11.8. The second kappa shape index (κ2) is 6.20. The minimum atomic E-state index is -0.167. The molecule has 1 aliphatic heterocycles. The van der Waals surface area contributed by atoms with Gasteiger partial charge in [0, 0.05) is 19.1 Å². The molecule has 0 unspecified atom stereocenters. The van der Waals surface area contributed by atoms with Crippen LogP contribution >= 0.6 is 0 Å². The van der Waals surface area contributed by atoms with Crippen LogP contribution in [-0.2, 0) is 16.0 Å². The van der Waals surface area contributed by atoms with Gasteiger partial charge in [-0.25, -0.2) is 0 Å². The van der Waals surface area contributed by atoms with Gasteiger partial charge in [0.2, 0.25) is 5.91 Å². The van der Waals surface area contributed by atoms with E-state index in [-0.39, 0.29) is 17.4 Å². The quantitative estimate of drug-likeness (QED) is 0.904. The van der Waals surface area contributed by atoms with E-state index in [1.54, 1.807) is 0 Å². The summed E-state index contributed by atoms with van der Waals surface area (Å²) in [7, 11) is 0. The van der Waals surface area contributed by atoms with Crippen molar-refractivity contribution in [1.29, 1.82) is 0 Å². The van der Waals surface area contributed by atoms with Gasteiger partial charge in [0.15, 0.2) is 0 Å². The fourth-order valence-corrected chi connectivity index (χ4v) is 2.57. The monoisotopic (exact) mass is 261 g/mol. The van der Waals surface area contributed by atoms with Gasteiger partial charge in [-0.2, -0.15) is 0 Å². The number of amides is 1. The zero-order chi connectivity index (χ0) is 13.7. The highest BCUT2D eigenvalue weighted by atomic mass is 16.5. The van der Waals surface area contributed by atoms with E-state index in [1.165, 1.54) is 5.56 Å². The van der Waals surface area contributed by atoms with Gasteiger partial charge in [-0.3, -0.25) is 4.79 Å². The third kappa shape index (κ3) is 4.35. The Labute approximate surface area is 115 Å². The highest BCUT2D eigenvalue weighted by Gasteiger charge is 2.32. The number of benzene rings is 1. The Morgan fingerprint density at radius 3 is 2.79 bits per heavy atom. The molecule has 1 amide bonds. The maximum Gasteiger partial charge on any atom is 0.223 e. The fourth-order valence-electron chi connectivity index (χ4n) is 2.57. The zero-order valence-electron chi connectivity index (χ0n) is 11.8. The van der Waals surface area contributed by atoms with Crippen LogP contribution in [0.15, 0.2) is 30.3 Å². The van der Waals surface area contributed by atoms with Gasteiger partial charge in [-0.05, 0) is 38.7 Å². The third-order valence-electron chi connectivity index (χ3n) is 3.62. The molecule has 0 bridgehead atoms. The van der Waals surface area contributed by atoms with Gasteiger partial charge >= 0.3 is 0 Å².